The van der Waals surface area contributed by atoms with Gasteiger partial charge in [-0.05, 0) is 25.1 Å². The molecule has 132 valence electrons. The summed E-state index contributed by atoms with van der Waals surface area (Å²) >= 11 is 0. The fourth-order valence-electron chi connectivity index (χ4n) is 1.86. The van der Waals surface area contributed by atoms with E-state index in [9.17, 15) is 22.8 Å². The van der Waals surface area contributed by atoms with Crippen LogP contribution in [0.1, 0.15) is 17.3 Å². The molecule has 0 spiro atoms. The van der Waals surface area contributed by atoms with Gasteiger partial charge in [0.15, 0.2) is 23.9 Å². The molecule has 1 aromatic carbocycles. The Morgan fingerprint density at radius 3 is 2.46 bits per heavy atom. The SMILES string of the molecule is C=CCN(CC(F)(F)F)C(=O)COc1ccc(C(C)=O)cc1OC. The second-order valence-corrected chi connectivity index (χ2v) is 4.89. The average Bonchev–Trinajstić information content (AvgIpc) is 2.50. The largest absolute Gasteiger partial charge is 0.493 e. The standard InChI is InChI=1S/C16H18F3NO4/c1-4-7-20(10-16(17,18)19)15(22)9-24-13-6-5-12(11(2)21)8-14(13)23-3/h4-6,8H,1,7,9-10H2,2-3H3. The summed E-state index contributed by atoms with van der Waals surface area (Å²) in [5, 5.41) is 0. The van der Waals surface area contributed by atoms with Crippen molar-refractivity contribution < 1.29 is 32.2 Å². The number of methoxy groups -OCH3 is 1. The third kappa shape index (κ3) is 5.94. The van der Waals surface area contributed by atoms with Crippen LogP contribution in [0.2, 0.25) is 0 Å². The van der Waals surface area contributed by atoms with E-state index < -0.39 is 25.2 Å². The number of rotatable bonds is 8. The summed E-state index contributed by atoms with van der Waals surface area (Å²) in [7, 11) is 1.35. The van der Waals surface area contributed by atoms with Gasteiger partial charge in [-0.2, -0.15) is 13.2 Å². The van der Waals surface area contributed by atoms with Crippen molar-refractivity contribution >= 4 is 11.7 Å². The van der Waals surface area contributed by atoms with Gasteiger partial charge in [0.2, 0.25) is 0 Å². The Hall–Kier alpha value is -2.51. The number of carbonyl (C=O) groups is 2. The number of benzene rings is 1. The highest BCUT2D eigenvalue weighted by Crippen LogP contribution is 2.28. The first-order valence-electron chi connectivity index (χ1n) is 6.95. The van der Waals surface area contributed by atoms with Crippen LogP contribution in [0.15, 0.2) is 30.9 Å². The molecule has 0 radical (unpaired) electrons. The van der Waals surface area contributed by atoms with Gasteiger partial charge in [-0.25, -0.2) is 0 Å². The van der Waals surface area contributed by atoms with Gasteiger partial charge in [-0.3, -0.25) is 9.59 Å². The first kappa shape index (κ1) is 19.5. The van der Waals surface area contributed by atoms with Crippen LogP contribution < -0.4 is 9.47 Å². The molecule has 0 fully saturated rings. The molecule has 1 aromatic rings. The van der Waals surface area contributed by atoms with Crippen molar-refractivity contribution in [1.82, 2.24) is 4.90 Å². The van der Waals surface area contributed by atoms with E-state index >= 15 is 0 Å². The van der Waals surface area contributed by atoms with Gasteiger partial charge in [0.1, 0.15) is 6.54 Å². The van der Waals surface area contributed by atoms with E-state index in [1.165, 1.54) is 38.3 Å². The van der Waals surface area contributed by atoms with Gasteiger partial charge in [-0.1, -0.05) is 6.08 Å². The van der Waals surface area contributed by atoms with Crippen LogP contribution >= 0.6 is 0 Å². The number of carbonyl (C=O) groups excluding carboxylic acids is 2. The highest BCUT2D eigenvalue weighted by atomic mass is 19.4. The van der Waals surface area contributed by atoms with Crippen molar-refractivity contribution in [3.8, 4) is 11.5 Å². The van der Waals surface area contributed by atoms with Crippen LogP contribution in [0.4, 0.5) is 13.2 Å². The number of Topliss-reactive ketones (excluding diaryl/α,β-unsaturated/α-hetero) is 1. The molecule has 0 saturated carbocycles. The van der Waals surface area contributed by atoms with Crippen molar-refractivity contribution in [2.24, 2.45) is 0 Å². The lowest BCUT2D eigenvalue weighted by atomic mass is 10.1. The summed E-state index contributed by atoms with van der Waals surface area (Å²) in [6.45, 7) is 2.48. The maximum absolute atomic E-state index is 12.5. The summed E-state index contributed by atoms with van der Waals surface area (Å²) < 4.78 is 47.7. The highest BCUT2D eigenvalue weighted by molar-refractivity contribution is 5.94. The van der Waals surface area contributed by atoms with E-state index in [0.29, 0.717) is 10.5 Å². The lowest BCUT2D eigenvalue weighted by Gasteiger charge is -2.22. The molecule has 0 aliphatic rings. The Morgan fingerprint density at radius 1 is 1.29 bits per heavy atom. The zero-order valence-electron chi connectivity index (χ0n) is 13.4. The Balaban J connectivity index is 2.81. The maximum Gasteiger partial charge on any atom is 0.406 e. The van der Waals surface area contributed by atoms with Crippen molar-refractivity contribution in [2.45, 2.75) is 13.1 Å². The van der Waals surface area contributed by atoms with E-state index in [2.05, 4.69) is 6.58 Å². The van der Waals surface area contributed by atoms with Crippen molar-refractivity contribution in [3.63, 3.8) is 0 Å². The molecule has 0 aromatic heterocycles. The number of amides is 1. The van der Waals surface area contributed by atoms with Crippen LogP contribution in [-0.2, 0) is 4.79 Å². The molecule has 24 heavy (non-hydrogen) atoms. The fourth-order valence-corrected chi connectivity index (χ4v) is 1.86. The van der Waals surface area contributed by atoms with E-state index in [-0.39, 0.29) is 23.8 Å². The normalized spacial score (nSPS) is 10.9. The monoisotopic (exact) mass is 345 g/mol. The minimum Gasteiger partial charge on any atom is -0.493 e. The number of hydrogen-bond acceptors (Lipinski definition) is 4. The molecule has 8 heteroatoms. The zero-order valence-corrected chi connectivity index (χ0v) is 13.4. The molecule has 0 unspecified atom stereocenters. The minimum absolute atomic E-state index is 0.154. The predicted octanol–water partition coefficient (Wildman–Crippen LogP) is 2.85. The Kier molecular flexibility index (Phi) is 6.82. The molecule has 0 bridgehead atoms. The van der Waals surface area contributed by atoms with Gasteiger partial charge in [0.05, 0.1) is 7.11 Å². The minimum atomic E-state index is -4.51. The molecule has 0 saturated heterocycles. The molecule has 1 amide bonds. The molecule has 5 nitrogen and oxygen atoms in total. The van der Waals surface area contributed by atoms with Gasteiger partial charge >= 0.3 is 6.18 Å². The van der Waals surface area contributed by atoms with Gasteiger partial charge in [0.25, 0.3) is 5.91 Å². The zero-order chi connectivity index (χ0) is 18.3. The molecule has 0 aliphatic heterocycles. The quantitative estimate of drug-likeness (QED) is 0.537. The number of ether oxygens (including phenoxy) is 2. The predicted molar refractivity (Wildman–Crippen MR) is 81.3 cm³/mol. The third-order valence-electron chi connectivity index (χ3n) is 2.99. The molecule has 0 atom stereocenters. The first-order valence-corrected chi connectivity index (χ1v) is 6.95. The molecule has 0 heterocycles. The molecule has 0 aliphatic carbocycles. The second kappa shape index (κ2) is 8.37. The van der Waals surface area contributed by atoms with Crippen LogP contribution in [0, 0.1) is 0 Å². The average molecular weight is 345 g/mol. The topological polar surface area (TPSA) is 55.8 Å². The summed E-state index contributed by atoms with van der Waals surface area (Å²) in [5.41, 5.74) is 0.385. The van der Waals surface area contributed by atoms with Crippen molar-refractivity contribution in [2.75, 3.05) is 26.8 Å². The van der Waals surface area contributed by atoms with Crippen LogP contribution in [0.5, 0.6) is 11.5 Å². The Morgan fingerprint density at radius 2 is 1.96 bits per heavy atom. The molecule has 1 rings (SSSR count). The highest BCUT2D eigenvalue weighted by Gasteiger charge is 2.32. The van der Waals surface area contributed by atoms with Gasteiger partial charge in [0, 0.05) is 12.1 Å². The number of nitrogens with zero attached hydrogens (tertiary/aromatic N) is 1. The fraction of sp³-hybridized carbons (Fsp3) is 0.375. The summed E-state index contributed by atoms with van der Waals surface area (Å²) in [5.74, 6) is -0.661. The van der Waals surface area contributed by atoms with E-state index in [1.54, 1.807) is 0 Å². The van der Waals surface area contributed by atoms with Crippen LogP contribution in [-0.4, -0.2) is 49.6 Å². The van der Waals surface area contributed by atoms with Crippen LogP contribution in [0.3, 0.4) is 0 Å². The summed E-state index contributed by atoms with van der Waals surface area (Å²) in [6.07, 6.45) is -3.31. The van der Waals surface area contributed by atoms with E-state index in [0.717, 1.165) is 0 Å². The van der Waals surface area contributed by atoms with Gasteiger partial charge < -0.3 is 14.4 Å². The smallest absolute Gasteiger partial charge is 0.406 e. The van der Waals surface area contributed by atoms with Crippen LogP contribution in [0.25, 0.3) is 0 Å². The van der Waals surface area contributed by atoms with Crippen molar-refractivity contribution in [1.29, 1.82) is 0 Å². The number of alkyl halides is 3. The Labute approximate surface area is 137 Å². The van der Waals surface area contributed by atoms with Gasteiger partial charge in [-0.15, -0.1) is 6.58 Å². The number of hydrogen-bond donors (Lipinski definition) is 0. The second-order valence-electron chi connectivity index (χ2n) is 4.89. The first-order chi connectivity index (χ1) is 11.2. The molecular weight excluding hydrogens is 327 g/mol. The van der Waals surface area contributed by atoms with E-state index in [1.807, 2.05) is 0 Å². The summed E-state index contributed by atoms with van der Waals surface area (Å²) in [4.78, 5) is 23.8. The van der Waals surface area contributed by atoms with E-state index in [4.69, 9.17) is 9.47 Å². The lowest BCUT2D eigenvalue weighted by molar-refractivity contribution is -0.161. The number of halogens is 3. The maximum atomic E-state index is 12.5. The number of ketones is 1. The Bertz CT molecular complexity index is 614. The third-order valence-corrected chi connectivity index (χ3v) is 2.99. The van der Waals surface area contributed by atoms with Crippen molar-refractivity contribution in [3.05, 3.63) is 36.4 Å². The summed E-state index contributed by atoms with van der Waals surface area (Å²) in [6, 6.07) is 4.33. The molecular formula is C16H18F3NO4. The lowest BCUT2D eigenvalue weighted by Crippen LogP contribution is -2.41. The molecule has 0 N–H and O–H groups in total.